The lowest BCUT2D eigenvalue weighted by Gasteiger charge is -2.25. The molecule has 0 atom stereocenters. The highest BCUT2D eigenvalue weighted by atomic mass is 16.5. The third kappa shape index (κ3) is 5.34. The van der Waals surface area contributed by atoms with Gasteiger partial charge in [0.25, 0.3) is 0 Å². The first-order chi connectivity index (χ1) is 16.1. The van der Waals surface area contributed by atoms with Gasteiger partial charge in [0.1, 0.15) is 11.5 Å². The van der Waals surface area contributed by atoms with Gasteiger partial charge in [0, 0.05) is 58.1 Å². The predicted octanol–water partition coefficient (Wildman–Crippen LogP) is 4.58. The van der Waals surface area contributed by atoms with Crippen molar-refractivity contribution in [3.8, 4) is 11.3 Å². The van der Waals surface area contributed by atoms with E-state index >= 15 is 0 Å². The van der Waals surface area contributed by atoms with Gasteiger partial charge >= 0.3 is 0 Å². The summed E-state index contributed by atoms with van der Waals surface area (Å²) in [5, 5.41) is 10.1. The normalized spacial score (nSPS) is 11.8. The van der Waals surface area contributed by atoms with E-state index < -0.39 is 0 Å². The number of hydrogen-bond donors (Lipinski definition) is 2. The Bertz CT molecular complexity index is 1190. The van der Waals surface area contributed by atoms with Crippen LogP contribution < -0.4 is 10.2 Å². The second-order valence-corrected chi connectivity index (χ2v) is 8.79. The van der Waals surface area contributed by atoms with E-state index in [2.05, 4.69) is 51.3 Å². The SMILES string of the molecule is CCOCNCCN(CCCC(C)C)c1nc(-c2c[nH]c3ncccc23)cc2c1cnn2C.[HH]. The van der Waals surface area contributed by atoms with Gasteiger partial charge in [-0.1, -0.05) is 13.8 Å². The van der Waals surface area contributed by atoms with Crippen molar-refractivity contribution in [3.63, 3.8) is 0 Å². The number of ether oxygens (including phenoxy) is 1. The van der Waals surface area contributed by atoms with E-state index in [0.717, 1.165) is 65.1 Å². The van der Waals surface area contributed by atoms with E-state index in [-0.39, 0.29) is 1.43 Å². The summed E-state index contributed by atoms with van der Waals surface area (Å²) in [5.41, 5.74) is 3.93. The second-order valence-electron chi connectivity index (χ2n) is 8.79. The van der Waals surface area contributed by atoms with Crippen LogP contribution in [0.25, 0.3) is 33.2 Å². The van der Waals surface area contributed by atoms with Crippen molar-refractivity contribution >= 4 is 27.8 Å². The molecule has 4 aromatic heterocycles. The Morgan fingerprint density at radius 2 is 2.15 bits per heavy atom. The fourth-order valence-electron chi connectivity index (χ4n) is 4.15. The predicted molar refractivity (Wildman–Crippen MR) is 136 cm³/mol. The monoisotopic (exact) mass is 451 g/mol. The van der Waals surface area contributed by atoms with Gasteiger partial charge in [0.05, 0.1) is 29.5 Å². The number of nitrogens with zero attached hydrogens (tertiary/aromatic N) is 5. The van der Waals surface area contributed by atoms with Crippen LogP contribution in [0.2, 0.25) is 0 Å². The molecule has 4 heterocycles. The summed E-state index contributed by atoms with van der Waals surface area (Å²) in [6, 6.07) is 6.17. The van der Waals surface area contributed by atoms with E-state index in [0.29, 0.717) is 19.3 Å². The largest absolute Gasteiger partial charge is 0.367 e. The molecule has 0 amide bonds. The Morgan fingerprint density at radius 1 is 1.27 bits per heavy atom. The van der Waals surface area contributed by atoms with Gasteiger partial charge < -0.3 is 14.6 Å². The van der Waals surface area contributed by atoms with Crippen LogP contribution >= 0.6 is 0 Å². The van der Waals surface area contributed by atoms with Crippen LogP contribution in [-0.4, -0.2) is 57.7 Å². The summed E-state index contributed by atoms with van der Waals surface area (Å²) in [7, 11) is 1.99. The highest BCUT2D eigenvalue weighted by Gasteiger charge is 2.18. The molecule has 0 aliphatic rings. The number of aromatic nitrogens is 5. The molecule has 8 nitrogen and oxygen atoms in total. The molecule has 8 heteroatoms. The van der Waals surface area contributed by atoms with Crippen molar-refractivity contribution < 1.29 is 6.16 Å². The summed E-state index contributed by atoms with van der Waals surface area (Å²) in [5.74, 6) is 1.66. The molecular formula is C25H37N7O. The first kappa shape index (κ1) is 23.2. The maximum atomic E-state index is 5.45. The molecule has 0 bridgehead atoms. The fourth-order valence-corrected chi connectivity index (χ4v) is 4.15. The average Bonchev–Trinajstić information content (AvgIpc) is 3.41. The number of aryl methyl sites for hydroxylation is 1. The van der Waals surface area contributed by atoms with Crippen molar-refractivity contribution in [2.45, 2.75) is 33.6 Å². The second kappa shape index (κ2) is 10.8. The third-order valence-electron chi connectivity index (χ3n) is 5.93. The number of pyridine rings is 2. The summed E-state index contributed by atoms with van der Waals surface area (Å²) in [6.07, 6.45) is 8.04. The molecule has 0 aliphatic heterocycles. The van der Waals surface area contributed by atoms with Crippen LogP contribution in [0.1, 0.15) is 35.0 Å². The van der Waals surface area contributed by atoms with Crippen molar-refractivity contribution in [3.05, 3.63) is 36.8 Å². The van der Waals surface area contributed by atoms with Gasteiger partial charge in [-0.05, 0) is 43.9 Å². The van der Waals surface area contributed by atoms with Gasteiger partial charge in [0.2, 0.25) is 0 Å². The van der Waals surface area contributed by atoms with Gasteiger partial charge in [-0.3, -0.25) is 10.00 Å². The van der Waals surface area contributed by atoms with Crippen molar-refractivity contribution in [2.75, 3.05) is 37.9 Å². The maximum Gasteiger partial charge on any atom is 0.140 e. The number of aromatic amines is 1. The fraction of sp³-hybridized carbons (Fsp3) is 0.480. The minimum absolute atomic E-state index is 0. The molecule has 0 fully saturated rings. The van der Waals surface area contributed by atoms with Crippen molar-refractivity contribution in [2.24, 2.45) is 13.0 Å². The first-order valence-corrected chi connectivity index (χ1v) is 11.9. The molecule has 33 heavy (non-hydrogen) atoms. The zero-order chi connectivity index (χ0) is 23.2. The highest BCUT2D eigenvalue weighted by Crippen LogP contribution is 2.33. The Labute approximate surface area is 196 Å². The van der Waals surface area contributed by atoms with Gasteiger partial charge in [-0.25, -0.2) is 9.97 Å². The lowest BCUT2D eigenvalue weighted by Crippen LogP contribution is -2.34. The zero-order valence-electron chi connectivity index (χ0n) is 20.1. The molecule has 2 N–H and O–H groups in total. The summed E-state index contributed by atoms with van der Waals surface area (Å²) < 4.78 is 7.38. The van der Waals surface area contributed by atoms with Crippen LogP contribution in [-0.2, 0) is 11.8 Å². The van der Waals surface area contributed by atoms with E-state index in [1.165, 1.54) is 6.42 Å². The number of H-pyrrole nitrogens is 1. The van der Waals surface area contributed by atoms with Crippen LogP contribution in [0, 0.1) is 5.92 Å². The Morgan fingerprint density at radius 3 is 2.97 bits per heavy atom. The standard InChI is InChI=1S/C25H35N7O.H2/c1-5-33-17-26-11-13-32(12-7-8-18(2)3)25-21-16-29-31(4)23(21)14-22(30-25)20-15-28-24-19(20)9-6-10-27-24;/h6,9-10,14-16,18,26H,5,7-8,11-13,17H2,1-4H3,(H,27,28);1H. The van der Waals surface area contributed by atoms with Gasteiger partial charge in [-0.2, -0.15) is 5.10 Å². The molecule has 0 radical (unpaired) electrons. The van der Waals surface area contributed by atoms with E-state index in [1.807, 2.05) is 37.1 Å². The number of fused-ring (bicyclic) bond motifs is 2. The number of anilines is 1. The first-order valence-electron chi connectivity index (χ1n) is 11.9. The molecule has 0 saturated heterocycles. The zero-order valence-corrected chi connectivity index (χ0v) is 20.1. The van der Waals surface area contributed by atoms with Gasteiger partial charge in [0.15, 0.2) is 0 Å². The molecule has 178 valence electrons. The topological polar surface area (TPSA) is 83.9 Å². The lowest BCUT2D eigenvalue weighted by atomic mass is 10.1. The van der Waals surface area contributed by atoms with Crippen molar-refractivity contribution in [1.29, 1.82) is 0 Å². The number of hydrogen-bond acceptors (Lipinski definition) is 6. The van der Waals surface area contributed by atoms with Crippen LogP contribution in [0.3, 0.4) is 0 Å². The van der Waals surface area contributed by atoms with E-state index in [9.17, 15) is 0 Å². The smallest absolute Gasteiger partial charge is 0.140 e. The molecule has 0 aliphatic carbocycles. The van der Waals surface area contributed by atoms with Crippen LogP contribution in [0.4, 0.5) is 5.82 Å². The third-order valence-corrected chi connectivity index (χ3v) is 5.93. The molecule has 0 saturated carbocycles. The maximum absolute atomic E-state index is 5.45. The van der Waals surface area contributed by atoms with Gasteiger partial charge in [-0.15, -0.1) is 0 Å². The van der Waals surface area contributed by atoms with Crippen LogP contribution in [0.15, 0.2) is 36.8 Å². The molecule has 0 aromatic carbocycles. The molecule has 4 rings (SSSR count). The Kier molecular flexibility index (Phi) is 7.57. The summed E-state index contributed by atoms with van der Waals surface area (Å²) in [4.78, 5) is 15.3. The number of nitrogens with one attached hydrogen (secondary N) is 2. The van der Waals surface area contributed by atoms with Crippen molar-refractivity contribution in [1.82, 2.24) is 30.0 Å². The van der Waals surface area contributed by atoms with Crippen LogP contribution in [0.5, 0.6) is 0 Å². The molecular weight excluding hydrogens is 414 g/mol. The Balaban J connectivity index is 0.00000324. The molecule has 0 unspecified atom stereocenters. The van der Waals surface area contributed by atoms with E-state index in [1.54, 1.807) is 6.20 Å². The minimum atomic E-state index is 0. The average molecular weight is 452 g/mol. The minimum Gasteiger partial charge on any atom is -0.367 e. The summed E-state index contributed by atoms with van der Waals surface area (Å²) >= 11 is 0. The number of rotatable bonds is 12. The lowest BCUT2D eigenvalue weighted by molar-refractivity contribution is 0.129. The molecule has 0 spiro atoms. The summed E-state index contributed by atoms with van der Waals surface area (Å²) in [6.45, 7) is 10.5. The quantitative estimate of drug-likeness (QED) is 0.242. The molecule has 4 aromatic rings. The Hall–Kier alpha value is -2.97. The highest BCUT2D eigenvalue weighted by molar-refractivity contribution is 5.97. The van der Waals surface area contributed by atoms with E-state index in [4.69, 9.17) is 9.72 Å².